The fourth-order valence-electron chi connectivity index (χ4n) is 2.32. The smallest absolute Gasteiger partial charge is 0.254 e. The van der Waals surface area contributed by atoms with Crippen LogP contribution in [0.15, 0.2) is 18.2 Å². The molecular weight excluding hydrogens is 260 g/mol. The number of thiocarbonyl (C=S) groups is 1. The summed E-state index contributed by atoms with van der Waals surface area (Å²) < 4.78 is 0. The van der Waals surface area contributed by atoms with Crippen LogP contribution in [0.25, 0.3) is 0 Å². The summed E-state index contributed by atoms with van der Waals surface area (Å²) in [5, 5.41) is 9.68. The van der Waals surface area contributed by atoms with Gasteiger partial charge in [0.1, 0.15) is 5.75 Å². The number of phenolic OH excluding ortho intramolecular Hbond substituents is 1. The molecule has 2 rings (SSSR count). The first kappa shape index (κ1) is 13.8. The Labute approximate surface area is 118 Å². The number of hydrogen-bond donors (Lipinski definition) is 2. The number of rotatable bonds is 2. The van der Waals surface area contributed by atoms with Crippen molar-refractivity contribution in [2.45, 2.75) is 19.8 Å². The fourth-order valence-corrected chi connectivity index (χ4v) is 2.51. The Balaban J connectivity index is 2.14. The zero-order valence-corrected chi connectivity index (χ0v) is 11.7. The molecule has 1 saturated heterocycles. The van der Waals surface area contributed by atoms with E-state index < -0.39 is 0 Å². The van der Waals surface area contributed by atoms with Gasteiger partial charge >= 0.3 is 0 Å². The van der Waals surface area contributed by atoms with Gasteiger partial charge in [0.05, 0.1) is 4.99 Å². The highest BCUT2D eigenvalue weighted by Gasteiger charge is 2.26. The van der Waals surface area contributed by atoms with Gasteiger partial charge in [-0.15, -0.1) is 0 Å². The number of piperidine rings is 1. The first-order chi connectivity index (χ1) is 8.99. The van der Waals surface area contributed by atoms with Gasteiger partial charge in [-0.3, -0.25) is 4.79 Å². The van der Waals surface area contributed by atoms with E-state index >= 15 is 0 Å². The van der Waals surface area contributed by atoms with Gasteiger partial charge in [-0.05, 0) is 37.5 Å². The molecule has 1 aliphatic heterocycles. The van der Waals surface area contributed by atoms with Gasteiger partial charge in [0.25, 0.3) is 5.91 Å². The molecule has 1 amide bonds. The second kappa shape index (κ2) is 5.57. The number of carbonyl (C=O) groups excluding carboxylic acids is 1. The molecular formula is C14H18N2O2S. The van der Waals surface area contributed by atoms with Crippen molar-refractivity contribution in [3.8, 4) is 5.75 Å². The van der Waals surface area contributed by atoms with Crippen molar-refractivity contribution in [2.24, 2.45) is 11.7 Å². The van der Waals surface area contributed by atoms with E-state index in [0.717, 1.165) is 18.4 Å². The van der Waals surface area contributed by atoms with Gasteiger partial charge in [-0.1, -0.05) is 18.3 Å². The number of amides is 1. The Morgan fingerprint density at radius 1 is 1.53 bits per heavy atom. The summed E-state index contributed by atoms with van der Waals surface area (Å²) >= 11 is 5.01. The quantitative estimate of drug-likeness (QED) is 0.810. The van der Waals surface area contributed by atoms with Crippen molar-refractivity contribution in [3.05, 3.63) is 29.3 Å². The van der Waals surface area contributed by atoms with E-state index in [9.17, 15) is 9.90 Å². The van der Waals surface area contributed by atoms with Crippen molar-refractivity contribution in [2.75, 3.05) is 13.1 Å². The van der Waals surface area contributed by atoms with Crippen molar-refractivity contribution in [3.63, 3.8) is 0 Å². The predicted molar refractivity (Wildman–Crippen MR) is 78.3 cm³/mol. The molecule has 19 heavy (non-hydrogen) atoms. The molecule has 1 aliphatic rings. The molecule has 1 aromatic carbocycles. The minimum atomic E-state index is -0.0729. The number of aromatic hydroxyl groups is 1. The van der Waals surface area contributed by atoms with Crippen LogP contribution in [0, 0.1) is 12.8 Å². The molecule has 0 aromatic heterocycles. The molecule has 1 atom stereocenters. The maximum absolute atomic E-state index is 12.4. The minimum absolute atomic E-state index is 0.0729. The Morgan fingerprint density at radius 3 is 2.89 bits per heavy atom. The number of aryl methyl sites for hydroxylation is 1. The number of nitrogens with zero attached hydrogens (tertiary/aromatic N) is 1. The number of benzene rings is 1. The van der Waals surface area contributed by atoms with E-state index in [2.05, 4.69) is 0 Å². The summed E-state index contributed by atoms with van der Waals surface area (Å²) in [6.45, 7) is 3.09. The molecule has 1 aromatic rings. The highest BCUT2D eigenvalue weighted by molar-refractivity contribution is 7.80. The third-order valence-corrected chi connectivity index (χ3v) is 3.90. The van der Waals surface area contributed by atoms with Crippen LogP contribution >= 0.6 is 12.2 Å². The SMILES string of the molecule is Cc1ccc(C(=O)N2CCCC(C(N)=S)C2)cc1O. The van der Waals surface area contributed by atoms with Gasteiger partial charge in [0.2, 0.25) is 0 Å². The molecule has 0 saturated carbocycles. The van der Waals surface area contributed by atoms with E-state index in [1.54, 1.807) is 24.0 Å². The lowest BCUT2D eigenvalue weighted by Gasteiger charge is -2.32. The summed E-state index contributed by atoms with van der Waals surface area (Å²) in [6.07, 6.45) is 1.85. The second-order valence-electron chi connectivity index (χ2n) is 4.99. The zero-order chi connectivity index (χ0) is 14.0. The summed E-state index contributed by atoms with van der Waals surface area (Å²) in [4.78, 5) is 14.6. The van der Waals surface area contributed by atoms with E-state index in [4.69, 9.17) is 18.0 Å². The van der Waals surface area contributed by atoms with Crippen LogP contribution in [0.3, 0.4) is 0 Å². The normalized spacial score (nSPS) is 19.2. The van der Waals surface area contributed by atoms with E-state index in [0.29, 0.717) is 23.6 Å². The van der Waals surface area contributed by atoms with Crippen molar-refractivity contribution in [1.82, 2.24) is 4.90 Å². The third-order valence-electron chi connectivity index (χ3n) is 3.57. The third kappa shape index (κ3) is 3.04. The first-order valence-corrected chi connectivity index (χ1v) is 6.78. The number of likely N-dealkylation sites (tertiary alicyclic amines) is 1. The van der Waals surface area contributed by atoms with Crippen molar-refractivity contribution in [1.29, 1.82) is 0 Å². The fraction of sp³-hybridized carbons (Fsp3) is 0.429. The lowest BCUT2D eigenvalue weighted by atomic mass is 9.97. The molecule has 1 fully saturated rings. The molecule has 4 nitrogen and oxygen atoms in total. The van der Waals surface area contributed by atoms with Crippen LogP contribution in [-0.4, -0.2) is 34.0 Å². The predicted octanol–water partition coefficient (Wildman–Crippen LogP) is 1.84. The van der Waals surface area contributed by atoms with Gasteiger partial charge in [0, 0.05) is 24.6 Å². The maximum atomic E-state index is 12.4. The molecule has 3 N–H and O–H groups in total. The Kier molecular flexibility index (Phi) is 4.04. The molecule has 0 bridgehead atoms. The lowest BCUT2D eigenvalue weighted by Crippen LogP contribution is -2.43. The average Bonchev–Trinajstić information content (AvgIpc) is 2.41. The first-order valence-electron chi connectivity index (χ1n) is 6.37. The van der Waals surface area contributed by atoms with Crippen molar-refractivity contribution >= 4 is 23.1 Å². The van der Waals surface area contributed by atoms with Crippen LogP contribution in [-0.2, 0) is 0 Å². The second-order valence-corrected chi connectivity index (χ2v) is 5.47. The number of hydrogen-bond acceptors (Lipinski definition) is 3. The molecule has 0 radical (unpaired) electrons. The standard InChI is InChI=1S/C14H18N2O2S/c1-9-4-5-10(7-12(9)17)14(18)16-6-2-3-11(8-16)13(15)19/h4-5,7,11,17H,2-3,6,8H2,1H3,(H2,15,19). The topological polar surface area (TPSA) is 66.6 Å². The van der Waals surface area contributed by atoms with Crippen LogP contribution < -0.4 is 5.73 Å². The number of carbonyl (C=O) groups is 1. The summed E-state index contributed by atoms with van der Waals surface area (Å²) in [5.74, 6) is 0.178. The van der Waals surface area contributed by atoms with E-state index in [1.807, 2.05) is 0 Å². The molecule has 1 unspecified atom stereocenters. The highest BCUT2D eigenvalue weighted by atomic mass is 32.1. The van der Waals surface area contributed by atoms with Crippen LogP contribution in [0.2, 0.25) is 0 Å². The van der Waals surface area contributed by atoms with E-state index in [-0.39, 0.29) is 17.6 Å². The number of nitrogens with two attached hydrogens (primary N) is 1. The Bertz CT molecular complexity index is 516. The van der Waals surface area contributed by atoms with Crippen LogP contribution in [0.1, 0.15) is 28.8 Å². The van der Waals surface area contributed by atoms with Gasteiger partial charge < -0.3 is 15.7 Å². The number of phenols is 1. The Hall–Kier alpha value is -1.62. The maximum Gasteiger partial charge on any atom is 0.254 e. The molecule has 102 valence electrons. The highest BCUT2D eigenvalue weighted by Crippen LogP contribution is 2.22. The average molecular weight is 278 g/mol. The van der Waals surface area contributed by atoms with Gasteiger partial charge in [0.15, 0.2) is 0 Å². The molecule has 0 aliphatic carbocycles. The monoisotopic (exact) mass is 278 g/mol. The lowest BCUT2D eigenvalue weighted by molar-refractivity contribution is 0.0703. The Morgan fingerprint density at radius 2 is 2.26 bits per heavy atom. The van der Waals surface area contributed by atoms with Crippen LogP contribution in [0.5, 0.6) is 5.75 Å². The van der Waals surface area contributed by atoms with Gasteiger partial charge in [-0.25, -0.2) is 0 Å². The van der Waals surface area contributed by atoms with Gasteiger partial charge in [-0.2, -0.15) is 0 Å². The largest absolute Gasteiger partial charge is 0.508 e. The summed E-state index contributed by atoms with van der Waals surface area (Å²) in [7, 11) is 0. The van der Waals surface area contributed by atoms with Crippen molar-refractivity contribution < 1.29 is 9.90 Å². The summed E-state index contributed by atoms with van der Waals surface area (Å²) in [6, 6.07) is 5.00. The molecule has 0 spiro atoms. The molecule has 1 heterocycles. The van der Waals surface area contributed by atoms with E-state index in [1.165, 1.54) is 6.07 Å². The van der Waals surface area contributed by atoms with Crippen LogP contribution in [0.4, 0.5) is 0 Å². The molecule has 5 heteroatoms. The minimum Gasteiger partial charge on any atom is -0.508 e. The summed E-state index contributed by atoms with van der Waals surface area (Å²) in [5.41, 5.74) is 6.93. The zero-order valence-electron chi connectivity index (χ0n) is 10.9.